The van der Waals surface area contributed by atoms with Gasteiger partial charge in [-0.3, -0.25) is 34.2 Å². The predicted octanol–water partition coefficient (Wildman–Crippen LogP) is 26.6. The summed E-state index contributed by atoms with van der Waals surface area (Å²) in [6, 6.07) is 36.9. The minimum Gasteiger partial charge on any atom is -0.469 e. The van der Waals surface area contributed by atoms with Crippen LogP contribution in [0.25, 0.3) is 5.57 Å². The monoisotopic (exact) mass is 2280 g/mol. The van der Waals surface area contributed by atoms with Crippen molar-refractivity contribution in [3.05, 3.63) is 152 Å². The van der Waals surface area contributed by atoms with Crippen molar-refractivity contribution in [3.63, 3.8) is 0 Å². The Bertz CT molecular complexity index is 4660. The number of amides is 6. The molecule has 5 aromatic rings. The number of nitrogens with two attached hydrogens (primary N) is 1. The van der Waals surface area contributed by atoms with E-state index in [1.165, 1.54) is 62.1 Å². The molecule has 0 bridgehead atoms. The van der Waals surface area contributed by atoms with E-state index >= 15 is 0 Å². The second-order valence-electron chi connectivity index (χ2n) is 39.3. The number of likely N-dealkylation sites (tertiary alicyclic amines) is 2. The third-order valence-corrected chi connectivity index (χ3v) is 20.8. The Morgan fingerprint density at radius 1 is 0.446 bits per heavy atom. The van der Waals surface area contributed by atoms with Gasteiger partial charge in [0.2, 0.25) is 0 Å². The van der Waals surface area contributed by atoms with Crippen molar-refractivity contribution in [2.45, 2.75) is 270 Å². The van der Waals surface area contributed by atoms with Gasteiger partial charge in [0.1, 0.15) is 51.0 Å². The van der Waals surface area contributed by atoms with Crippen molar-refractivity contribution in [2.75, 3.05) is 126 Å². The quantitative estimate of drug-likeness (QED) is 0.0113. The molecule has 0 radical (unpaired) electrons. The van der Waals surface area contributed by atoms with Gasteiger partial charge >= 0.3 is 68.4 Å². The number of halogens is 4. The lowest BCUT2D eigenvalue weighted by Gasteiger charge is -2.33. The third kappa shape index (κ3) is 63.4. The number of nitrogens with zero attached hydrogens (tertiary/aromatic N) is 5. The highest BCUT2D eigenvalue weighted by Gasteiger charge is 2.33. The van der Waals surface area contributed by atoms with Gasteiger partial charge in [-0.05, 0) is 318 Å². The number of esters is 2. The number of piperidine rings is 2. The molecule has 0 atom stereocenters. The van der Waals surface area contributed by atoms with E-state index in [-0.39, 0.29) is 49.5 Å². The Morgan fingerprint density at radius 3 is 1.11 bits per heavy atom. The third-order valence-electron chi connectivity index (χ3n) is 17.6. The fraction of sp³-hybridized carbons (Fsp3) is 0.574. The number of ether oxygens (including phenoxy) is 12. The molecule has 5 aromatic carbocycles. The fourth-order valence-electron chi connectivity index (χ4n) is 11.3. The summed E-state index contributed by atoms with van der Waals surface area (Å²) in [6.07, 6.45) is 3.49. The maximum absolute atomic E-state index is 12.8. The number of benzene rings is 5. The number of allylic oxidation sites excluding steroid dienone is 1. The van der Waals surface area contributed by atoms with Gasteiger partial charge in [-0.1, -0.05) is 120 Å². The van der Waals surface area contributed by atoms with Gasteiger partial charge in [-0.25, -0.2) is 43.2 Å². The number of anilines is 5. The van der Waals surface area contributed by atoms with Crippen molar-refractivity contribution in [1.82, 2.24) is 9.80 Å². The molecular formula is C101H156Br3IN7O26P. The van der Waals surface area contributed by atoms with Crippen LogP contribution in [0.5, 0.6) is 0 Å². The highest BCUT2D eigenvalue weighted by molar-refractivity contribution is 14.1. The number of methoxy groups -OCH3 is 2. The largest absolute Gasteiger partial charge is 0.519 e. The zero-order valence-corrected chi connectivity index (χ0v) is 94.6. The molecule has 3 N–H and O–H groups in total. The number of carbonyl (C=O) groups is 11. The zero-order valence-electron chi connectivity index (χ0n) is 86.8. The molecule has 3 heterocycles. The molecule has 0 unspecified atom stereocenters. The first-order valence-electron chi connectivity index (χ1n) is 44.7. The van der Waals surface area contributed by atoms with Gasteiger partial charge < -0.3 is 81.4 Å². The van der Waals surface area contributed by atoms with Crippen LogP contribution < -0.4 is 25.8 Å². The Hall–Kier alpha value is -9.11. The molecule has 139 heavy (non-hydrogen) atoms. The number of hydrogen-bond acceptors (Lipinski definition) is 27. The summed E-state index contributed by atoms with van der Waals surface area (Å²) in [5, 5.41) is 2.65. The molecule has 8 rings (SSSR count). The van der Waals surface area contributed by atoms with Crippen LogP contribution >= 0.6 is 78.0 Å². The second-order valence-corrected chi connectivity index (χ2v) is 44.3. The summed E-state index contributed by atoms with van der Waals surface area (Å²) < 4.78 is 83.1. The molecule has 0 aromatic heterocycles. The summed E-state index contributed by atoms with van der Waals surface area (Å²) in [5.41, 5.74) is 6.65. The summed E-state index contributed by atoms with van der Waals surface area (Å²) in [6.45, 7) is 47.5. The van der Waals surface area contributed by atoms with E-state index in [9.17, 15) is 57.3 Å². The maximum Gasteiger partial charge on any atom is 0.519 e. The molecule has 6 amide bonds. The van der Waals surface area contributed by atoms with Crippen LogP contribution in [-0.4, -0.2) is 221 Å². The molecule has 3 saturated heterocycles. The van der Waals surface area contributed by atoms with Gasteiger partial charge in [-0.15, -0.1) is 0 Å². The highest BCUT2D eigenvalue weighted by atomic mass is 127. The van der Waals surface area contributed by atoms with E-state index in [1.807, 2.05) is 221 Å². The van der Waals surface area contributed by atoms with Gasteiger partial charge in [0.05, 0.1) is 14.2 Å². The van der Waals surface area contributed by atoms with E-state index in [0.717, 1.165) is 74.8 Å². The average molecular weight is 2280 g/mol. The van der Waals surface area contributed by atoms with Crippen LogP contribution in [0, 0.1) is 11.8 Å². The number of alkyl halides is 1. The molecule has 3 aliphatic rings. The van der Waals surface area contributed by atoms with Crippen LogP contribution in [0.4, 0.5) is 66.8 Å². The van der Waals surface area contributed by atoms with Crippen molar-refractivity contribution in [1.29, 1.82) is 0 Å². The smallest absolute Gasteiger partial charge is 0.469 e. The Morgan fingerprint density at radius 2 is 0.784 bits per heavy atom. The molecule has 0 saturated carbocycles. The maximum atomic E-state index is 12.8. The van der Waals surface area contributed by atoms with Crippen molar-refractivity contribution in [2.24, 2.45) is 11.8 Å². The summed E-state index contributed by atoms with van der Waals surface area (Å²) in [4.78, 5) is 140. The number of nitrogens with one attached hydrogen (secondary N) is 1. The lowest BCUT2D eigenvalue weighted by atomic mass is 9.87. The minimum atomic E-state index is -3.23. The molecule has 3 fully saturated rings. The van der Waals surface area contributed by atoms with Gasteiger partial charge in [-0.2, -0.15) is 0 Å². The Balaban J connectivity index is 0. The first kappa shape index (κ1) is 132. The first-order chi connectivity index (χ1) is 63.4. The van der Waals surface area contributed by atoms with Crippen LogP contribution in [0.1, 0.15) is 241 Å². The number of nitrogen functional groups attached to an aromatic ring is 1. The number of ketones is 1. The van der Waals surface area contributed by atoms with E-state index < -0.39 is 94.9 Å². The molecule has 0 spiro atoms. The summed E-state index contributed by atoms with van der Waals surface area (Å²) >= 11 is 12.1. The fourth-order valence-corrected chi connectivity index (χ4v) is 13.3. The van der Waals surface area contributed by atoms with Crippen molar-refractivity contribution in [3.8, 4) is 0 Å². The standard InChI is InChI=1S/C27H40N2O6.C24H36N2O5.C12H16BrNO2.C11H14BrNO2.C10H18O5.C6H6BrN.C5H11O5P.C4H8O.CH3I.CH4/c1-26(2,3)34-24(31)28(7)22-11-9-10-20(17-22)21(18-23(30)33-8)16-19-12-14-29(15-13-19)25(32)35-27(4,5)6;1-23(2,3)30-21(28)25(7)19-10-8-9-18(16-19)20(27)15-17-11-13-26(14-12-17)22(29)31-24(4,5)6;1-12(2,3)16-11(15)14(4)10-7-5-6-9(13)8-10;1-11(2,3)15-10(14)13-9-6-4-5-8(12)7-9;1-9(2,3)14-7(11)13-8(12)15-10(4,5)6;7-5-2-1-3-6(8)4-5;1-8-5(6)4-11(7,9-2)10-3;1-2-4-5-3-1;1-2;/h9-11,17-19H,12-16H2,1-8H3;8-10,16-17H,11-15H2,1-7H3;5-8H,1-4H3;4-7H,1-3H3,(H,13,14);1-6H3;1-4H,8H2;4H2,1-3H3;1-4H2;1H3;1H4. The zero-order chi connectivity index (χ0) is 106. The van der Waals surface area contributed by atoms with Crippen molar-refractivity contribution < 1.29 is 123 Å². The second kappa shape index (κ2) is 63.0. The Kier molecular flexibility index (Phi) is 59.8. The van der Waals surface area contributed by atoms with E-state index in [4.69, 9.17) is 53.1 Å². The molecule has 38 heteroatoms. The number of carbonyl (C=O) groups excluding carboxylic acids is 11. The first-order valence-corrected chi connectivity index (χ1v) is 51.0. The molecule has 784 valence electrons. The van der Waals surface area contributed by atoms with Gasteiger partial charge in [0.25, 0.3) is 0 Å². The number of rotatable bonds is 15. The van der Waals surface area contributed by atoms with Gasteiger partial charge in [0.15, 0.2) is 5.78 Å². The van der Waals surface area contributed by atoms with E-state index in [0.29, 0.717) is 61.6 Å². The van der Waals surface area contributed by atoms with Gasteiger partial charge in [0, 0.05) is 135 Å². The number of Topliss-reactive ketones (excluding diaryl/α,β-unsaturated/α-hetero) is 1. The van der Waals surface area contributed by atoms with Crippen LogP contribution in [-0.2, 0) is 80.0 Å². The molecule has 3 aliphatic heterocycles. The van der Waals surface area contributed by atoms with Crippen LogP contribution in [0.15, 0.2) is 141 Å². The number of hydrogen-bond donors (Lipinski definition) is 2. The SMILES string of the molecule is C.C1CCOC1.CC(C)(C)OC(=O)Nc1cccc(Br)c1.CC(C)(C)OC(=O)OC(=O)OC(C)(C)C.CI.CN(C(=O)OC(C)(C)C)c1cccc(Br)c1.CN(C(=O)OC(C)(C)C)c1cccc(C(=O)CC2CCN(C(=O)OC(C)(C)C)CC2)c1.COC(=O)C=C(CC1CCN(C(=O)OC(C)(C)C)CC1)c1cccc(N(C)C(=O)OC(C)(C)C)c1.COC(=O)CP(=O)(OC)OC.Nc1cccc(Br)c1. The van der Waals surface area contributed by atoms with E-state index in [1.54, 1.807) is 103 Å². The minimum absolute atomic E-state index is 0. The molecular weight excluding hydrogens is 2120 g/mol. The predicted molar refractivity (Wildman–Crippen MR) is 567 cm³/mol. The van der Waals surface area contributed by atoms with E-state index in [2.05, 4.69) is 94.2 Å². The summed E-state index contributed by atoms with van der Waals surface area (Å²) in [5.74, 6) is -0.500. The van der Waals surface area contributed by atoms with Crippen LogP contribution in [0.3, 0.4) is 0 Å². The topological polar surface area (TPSA) is 388 Å². The average Bonchev–Trinajstić information content (AvgIpc) is 1.02. The lowest BCUT2D eigenvalue weighted by molar-refractivity contribution is -0.138. The highest BCUT2D eigenvalue weighted by Crippen LogP contribution is 2.46. The normalized spacial score (nSPS) is 13.4. The molecule has 0 aliphatic carbocycles. The summed E-state index contributed by atoms with van der Waals surface area (Å²) in [7, 11) is 6.73. The molecule has 33 nitrogen and oxygen atoms in total. The lowest BCUT2D eigenvalue weighted by Crippen LogP contribution is -2.42. The Labute approximate surface area is 864 Å². The van der Waals surface area contributed by atoms with Crippen LogP contribution in [0.2, 0.25) is 0 Å². The van der Waals surface area contributed by atoms with Crippen molar-refractivity contribution >= 4 is 179 Å².